The minimum Gasteiger partial charge on any atom is -0.376 e. The molecule has 18 heavy (non-hydrogen) atoms. The minimum atomic E-state index is 0.0389. The molecule has 2 N–H and O–H groups in total. The molecule has 1 rings (SSSR count). The lowest BCUT2D eigenvalue weighted by atomic mass is 10.2. The maximum absolute atomic E-state index is 11.6. The zero-order chi connectivity index (χ0) is 13.4. The average Bonchev–Trinajstić information content (AvgIpc) is 2.33. The van der Waals surface area contributed by atoms with Gasteiger partial charge in [-0.15, -0.1) is 0 Å². The van der Waals surface area contributed by atoms with Crippen molar-refractivity contribution in [1.82, 2.24) is 10.2 Å². The van der Waals surface area contributed by atoms with Crippen LogP contribution in [0.1, 0.15) is 12.0 Å². The molecule has 0 aliphatic heterocycles. The number of amides is 1. The Kier molecular flexibility index (Phi) is 6.22. The van der Waals surface area contributed by atoms with Crippen molar-refractivity contribution in [2.45, 2.75) is 13.3 Å². The quantitative estimate of drug-likeness (QED) is 0.719. The van der Waals surface area contributed by atoms with Crippen LogP contribution < -0.4 is 10.6 Å². The van der Waals surface area contributed by atoms with Gasteiger partial charge in [-0.3, -0.25) is 4.79 Å². The van der Waals surface area contributed by atoms with E-state index >= 15 is 0 Å². The number of carbonyl (C=O) groups is 1. The van der Waals surface area contributed by atoms with Crippen LogP contribution >= 0.6 is 0 Å². The van der Waals surface area contributed by atoms with Gasteiger partial charge in [-0.1, -0.05) is 18.2 Å². The van der Waals surface area contributed by atoms with E-state index in [2.05, 4.69) is 15.5 Å². The number of hydrogen-bond acceptors (Lipinski definition) is 3. The summed E-state index contributed by atoms with van der Waals surface area (Å²) in [6, 6.07) is 7.96. The highest BCUT2D eigenvalue weighted by molar-refractivity contribution is 5.80. The summed E-state index contributed by atoms with van der Waals surface area (Å²) in [5.74, 6) is 0.0389. The van der Waals surface area contributed by atoms with E-state index in [1.165, 1.54) is 0 Å². The summed E-state index contributed by atoms with van der Waals surface area (Å²) in [6.07, 6.45) is 0.975. The van der Waals surface area contributed by atoms with E-state index in [1.807, 2.05) is 45.3 Å². The van der Waals surface area contributed by atoms with Crippen molar-refractivity contribution in [2.24, 2.45) is 0 Å². The maximum Gasteiger partial charge on any atom is 0.239 e. The van der Waals surface area contributed by atoms with Gasteiger partial charge < -0.3 is 15.5 Å². The van der Waals surface area contributed by atoms with Crippen molar-refractivity contribution in [2.75, 3.05) is 39.0 Å². The highest BCUT2D eigenvalue weighted by Crippen LogP contribution is 2.12. The molecule has 1 aromatic carbocycles. The van der Waals surface area contributed by atoms with Crippen LogP contribution in [0, 0.1) is 6.92 Å². The molecule has 0 atom stereocenters. The smallest absolute Gasteiger partial charge is 0.239 e. The molecule has 100 valence electrons. The van der Waals surface area contributed by atoms with Gasteiger partial charge in [0.25, 0.3) is 0 Å². The van der Waals surface area contributed by atoms with E-state index in [9.17, 15) is 4.79 Å². The molecule has 0 radical (unpaired) electrons. The number of anilines is 1. The second kappa shape index (κ2) is 7.71. The molecule has 0 fully saturated rings. The third-order valence-corrected chi connectivity index (χ3v) is 2.69. The van der Waals surface area contributed by atoms with Gasteiger partial charge in [-0.2, -0.15) is 0 Å². The van der Waals surface area contributed by atoms with Crippen LogP contribution in [0.4, 0.5) is 5.69 Å². The normalized spacial score (nSPS) is 10.4. The highest BCUT2D eigenvalue weighted by atomic mass is 16.1. The average molecular weight is 249 g/mol. The lowest BCUT2D eigenvalue weighted by molar-refractivity contribution is -0.119. The fraction of sp³-hybridized carbons (Fsp3) is 0.500. The van der Waals surface area contributed by atoms with Crippen LogP contribution in [-0.4, -0.2) is 44.5 Å². The second-order valence-corrected chi connectivity index (χ2v) is 4.68. The molecule has 0 aliphatic carbocycles. The number of nitrogens with one attached hydrogen (secondary N) is 2. The molecular weight excluding hydrogens is 226 g/mol. The van der Waals surface area contributed by atoms with E-state index in [-0.39, 0.29) is 5.91 Å². The first-order valence-electron chi connectivity index (χ1n) is 6.30. The number of hydrogen-bond donors (Lipinski definition) is 2. The Labute approximate surface area is 109 Å². The molecule has 4 nitrogen and oxygen atoms in total. The monoisotopic (exact) mass is 249 g/mol. The van der Waals surface area contributed by atoms with Gasteiger partial charge in [-0.05, 0) is 45.6 Å². The summed E-state index contributed by atoms with van der Waals surface area (Å²) in [5.41, 5.74) is 2.17. The van der Waals surface area contributed by atoms with Crippen molar-refractivity contribution in [3.05, 3.63) is 29.8 Å². The molecule has 0 aromatic heterocycles. The number of para-hydroxylation sites is 1. The lowest BCUT2D eigenvalue weighted by Gasteiger charge is -2.11. The van der Waals surface area contributed by atoms with Crippen LogP contribution in [0.5, 0.6) is 0 Å². The molecule has 0 spiro atoms. The fourth-order valence-corrected chi connectivity index (χ4v) is 1.63. The predicted molar refractivity (Wildman–Crippen MR) is 75.8 cm³/mol. The fourth-order valence-electron chi connectivity index (χ4n) is 1.63. The highest BCUT2D eigenvalue weighted by Gasteiger charge is 2.01. The molecule has 0 unspecified atom stereocenters. The molecule has 0 saturated carbocycles. The third-order valence-electron chi connectivity index (χ3n) is 2.69. The first-order chi connectivity index (χ1) is 8.59. The molecule has 0 bridgehead atoms. The molecule has 4 heteroatoms. The van der Waals surface area contributed by atoms with Gasteiger partial charge in [0.15, 0.2) is 0 Å². The number of aryl methyl sites for hydroxylation is 1. The van der Waals surface area contributed by atoms with Crippen LogP contribution in [0.15, 0.2) is 24.3 Å². The summed E-state index contributed by atoms with van der Waals surface area (Å²) in [4.78, 5) is 13.7. The van der Waals surface area contributed by atoms with Crippen LogP contribution in [0.3, 0.4) is 0 Å². The number of benzene rings is 1. The molecule has 1 amide bonds. The summed E-state index contributed by atoms with van der Waals surface area (Å²) < 4.78 is 0. The van der Waals surface area contributed by atoms with E-state index in [1.54, 1.807) is 0 Å². The molecule has 1 aromatic rings. The van der Waals surface area contributed by atoms with E-state index in [0.29, 0.717) is 6.54 Å². The van der Waals surface area contributed by atoms with Gasteiger partial charge in [-0.25, -0.2) is 0 Å². The molecule has 0 saturated heterocycles. The Bertz CT molecular complexity index is 377. The largest absolute Gasteiger partial charge is 0.376 e. The zero-order valence-electron chi connectivity index (χ0n) is 11.5. The SMILES string of the molecule is Cc1ccccc1NCC(=O)NCCCN(C)C. The van der Waals surface area contributed by atoms with E-state index < -0.39 is 0 Å². The van der Waals surface area contributed by atoms with Crippen molar-refractivity contribution in [3.8, 4) is 0 Å². The van der Waals surface area contributed by atoms with Gasteiger partial charge in [0.05, 0.1) is 6.54 Å². The van der Waals surface area contributed by atoms with E-state index in [0.717, 1.165) is 30.8 Å². The van der Waals surface area contributed by atoms with Crippen LogP contribution in [0.25, 0.3) is 0 Å². The Balaban J connectivity index is 2.19. The Morgan fingerprint density at radius 1 is 1.28 bits per heavy atom. The molecule has 0 heterocycles. The van der Waals surface area contributed by atoms with Gasteiger partial charge in [0.2, 0.25) is 5.91 Å². The maximum atomic E-state index is 11.6. The van der Waals surface area contributed by atoms with Crippen molar-refractivity contribution < 1.29 is 4.79 Å². The second-order valence-electron chi connectivity index (χ2n) is 4.68. The molecular formula is C14H23N3O. The predicted octanol–water partition coefficient (Wildman–Crippen LogP) is 1.47. The summed E-state index contributed by atoms with van der Waals surface area (Å²) in [6.45, 7) is 4.07. The third kappa shape index (κ3) is 5.68. The van der Waals surface area contributed by atoms with Crippen LogP contribution in [-0.2, 0) is 4.79 Å². The van der Waals surface area contributed by atoms with Crippen molar-refractivity contribution >= 4 is 11.6 Å². The molecule has 0 aliphatic rings. The number of nitrogens with zero attached hydrogens (tertiary/aromatic N) is 1. The van der Waals surface area contributed by atoms with E-state index in [4.69, 9.17) is 0 Å². The van der Waals surface area contributed by atoms with Crippen LogP contribution in [0.2, 0.25) is 0 Å². The Hall–Kier alpha value is -1.55. The summed E-state index contributed by atoms with van der Waals surface area (Å²) in [7, 11) is 4.06. The van der Waals surface area contributed by atoms with Crippen molar-refractivity contribution in [3.63, 3.8) is 0 Å². The summed E-state index contributed by atoms with van der Waals surface area (Å²) in [5, 5.41) is 6.04. The minimum absolute atomic E-state index is 0.0389. The van der Waals surface area contributed by atoms with Gasteiger partial charge >= 0.3 is 0 Å². The number of carbonyl (C=O) groups excluding carboxylic acids is 1. The first-order valence-corrected chi connectivity index (χ1v) is 6.30. The van der Waals surface area contributed by atoms with Gasteiger partial charge in [0.1, 0.15) is 0 Å². The van der Waals surface area contributed by atoms with Crippen molar-refractivity contribution in [1.29, 1.82) is 0 Å². The standard InChI is InChI=1S/C14H23N3O/c1-12-7-4-5-8-13(12)16-11-14(18)15-9-6-10-17(2)3/h4-5,7-8,16H,6,9-11H2,1-3H3,(H,15,18). The topological polar surface area (TPSA) is 44.4 Å². The summed E-state index contributed by atoms with van der Waals surface area (Å²) >= 11 is 0. The number of rotatable bonds is 7. The first kappa shape index (κ1) is 14.5. The zero-order valence-corrected chi connectivity index (χ0v) is 11.5. The van der Waals surface area contributed by atoms with Gasteiger partial charge in [0, 0.05) is 12.2 Å². The Morgan fingerprint density at radius 3 is 2.67 bits per heavy atom. The lowest BCUT2D eigenvalue weighted by Crippen LogP contribution is -2.32. The Morgan fingerprint density at radius 2 is 2.00 bits per heavy atom.